The second-order valence-corrected chi connectivity index (χ2v) is 11.7. The number of nitrogens with zero attached hydrogens (tertiary/aromatic N) is 1. The van der Waals surface area contributed by atoms with Gasteiger partial charge in [-0.25, -0.2) is 0 Å². The number of rotatable bonds is 11. The van der Waals surface area contributed by atoms with Crippen LogP contribution < -0.4 is 19.7 Å². The van der Waals surface area contributed by atoms with Crippen molar-refractivity contribution in [2.75, 3.05) is 26.2 Å². The van der Waals surface area contributed by atoms with Crippen molar-refractivity contribution in [3.8, 4) is 11.5 Å². The summed E-state index contributed by atoms with van der Waals surface area (Å²) in [5.41, 5.74) is 7.49. The highest BCUT2D eigenvalue weighted by Crippen LogP contribution is 2.49. The Hall–Kier alpha value is -4.02. The van der Waals surface area contributed by atoms with E-state index >= 15 is 0 Å². The lowest BCUT2D eigenvalue weighted by molar-refractivity contribution is -0.540. The monoisotopic (exact) mass is 549 g/mol. The second-order valence-electron chi connectivity index (χ2n) is 11.7. The molecule has 1 aliphatic heterocycles. The lowest BCUT2D eigenvalue weighted by Crippen LogP contribution is -2.73. The number of nitrogens with two attached hydrogens (primary N) is 1. The Labute approximate surface area is 246 Å². The van der Waals surface area contributed by atoms with Crippen LogP contribution >= 0.6 is 0 Å². The molecule has 0 bridgehead atoms. The standard InChI is InChI=1S/C37H44N2O2/c1-36(2,31-25-29(40-6)20-22-33(31)38-5)24-16-11-9-8-10-15-19-35-37(3,4)32-26-30(41-7)21-23-34(32)39(35)27-28-17-13-12-14-18-28/h8-23,25-26,38H,24,27H2,1-7H3/p+1/b9-8+,15-10+,16-11+,35-19+. The number of ether oxygens (including phenoxy) is 2. The first-order chi connectivity index (χ1) is 19.7. The van der Waals surface area contributed by atoms with Crippen molar-refractivity contribution in [2.45, 2.75) is 51.5 Å². The number of benzene rings is 3. The molecular formula is C37H45N2O2+. The van der Waals surface area contributed by atoms with Crippen molar-refractivity contribution >= 4 is 11.4 Å². The summed E-state index contributed by atoms with van der Waals surface area (Å²) in [7, 11) is 5.54. The van der Waals surface area contributed by atoms with E-state index in [1.165, 1.54) is 33.8 Å². The molecule has 3 aromatic carbocycles. The fraction of sp³-hybridized carbons (Fsp3) is 0.297. The van der Waals surface area contributed by atoms with Gasteiger partial charge in [-0.05, 0) is 59.4 Å². The zero-order valence-corrected chi connectivity index (χ0v) is 25.6. The van der Waals surface area contributed by atoms with E-state index in [4.69, 9.17) is 9.47 Å². The van der Waals surface area contributed by atoms with Crippen molar-refractivity contribution in [3.05, 3.63) is 132 Å². The predicted octanol–water partition coefficient (Wildman–Crippen LogP) is 7.75. The summed E-state index contributed by atoms with van der Waals surface area (Å²) < 4.78 is 11.0. The minimum Gasteiger partial charge on any atom is -0.497 e. The molecule has 41 heavy (non-hydrogen) atoms. The molecule has 0 radical (unpaired) electrons. The SMILES string of the molecule is C[NH2+]c1ccc(OC)cc1C(C)(C)C/C=C/C=C/C=C/C=C1/N(Cc2ccccc2)c2ccc(OC)cc2C1(C)C. The summed E-state index contributed by atoms with van der Waals surface area (Å²) in [6.45, 7) is 9.98. The molecule has 1 aliphatic rings. The van der Waals surface area contributed by atoms with Crippen LogP contribution in [0, 0.1) is 0 Å². The van der Waals surface area contributed by atoms with E-state index in [9.17, 15) is 0 Å². The third kappa shape index (κ3) is 6.83. The van der Waals surface area contributed by atoms with Gasteiger partial charge in [0.25, 0.3) is 0 Å². The summed E-state index contributed by atoms with van der Waals surface area (Å²) in [5, 5.41) is 2.17. The lowest BCUT2D eigenvalue weighted by Gasteiger charge is -2.27. The van der Waals surface area contributed by atoms with Crippen LogP contribution in [0.2, 0.25) is 0 Å². The van der Waals surface area contributed by atoms with Crippen molar-refractivity contribution in [1.29, 1.82) is 0 Å². The average Bonchev–Trinajstić information content (AvgIpc) is 3.19. The first-order valence-electron chi connectivity index (χ1n) is 14.4. The molecule has 4 rings (SSSR count). The summed E-state index contributed by atoms with van der Waals surface area (Å²) in [5.74, 6) is 1.79. The Morgan fingerprint density at radius 2 is 1.49 bits per heavy atom. The van der Waals surface area contributed by atoms with Crippen LogP contribution in [-0.2, 0) is 17.4 Å². The van der Waals surface area contributed by atoms with Crippen molar-refractivity contribution in [2.24, 2.45) is 0 Å². The Morgan fingerprint density at radius 1 is 0.829 bits per heavy atom. The van der Waals surface area contributed by atoms with Gasteiger partial charge < -0.3 is 19.7 Å². The third-order valence-corrected chi connectivity index (χ3v) is 8.05. The number of anilines is 1. The molecule has 0 aliphatic carbocycles. The average molecular weight is 550 g/mol. The highest BCUT2D eigenvalue weighted by molar-refractivity contribution is 5.72. The van der Waals surface area contributed by atoms with Crippen LogP contribution in [0.1, 0.15) is 50.8 Å². The maximum Gasteiger partial charge on any atom is 0.133 e. The fourth-order valence-corrected chi connectivity index (χ4v) is 5.61. The van der Waals surface area contributed by atoms with Crippen LogP contribution in [-0.4, -0.2) is 21.3 Å². The molecule has 0 atom stereocenters. The molecule has 4 nitrogen and oxygen atoms in total. The van der Waals surface area contributed by atoms with Gasteiger partial charge in [-0.3, -0.25) is 0 Å². The maximum atomic E-state index is 5.56. The second kappa shape index (κ2) is 13.1. The summed E-state index contributed by atoms with van der Waals surface area (Å²) in [4.78, 5) is 2.43. The van der Waals surface area contributed by atoms with Gasteiger partial charge in [0, 0.05) is 35.0 Å². The first-order valence-corrected chi connectivity index (χ1v) is 14.4. The number of hydrogen-bond donors (Lipinski definition) is 1. The van der Waals surface area contributed by atoms with Gasteiger partial charge in [-0.1, -0.05) is 94.5 Å². The van der Waals surface area contributed by atoms with Gasteiger partial charge in [0.2, 0.25) is 0 Å². The third-order valence-electron chi connectivity index (χ3n) is 8.05. The highest BCUT2D eigenvalue weighted by Gasteiger charge is 2.40. The molecule has 1 heterocycles. The summed E-state index contributed by atoms with van der Waals surface area (Å²) in [6, 6.07) is 23.4. The smallest absolute Gasteiger partial charge is 0.133 e. The van der Waals surface area contributed by atoms with Gasteiger partial charge in [0.1, 0.15) is 17.2 Å². The van der Waals surface area contributed by atoms with Crippen LogP contribution in [0.15, 0.2) is 115 Å². The van der Waals surface area contributed by atoms with E-state index in [1.54, 1.807) is 14.2 Å². The van der Waals surface area contributed by atoms with E-state index in [0.29, 0.717) is 0 Å². The molecule has 4 heteroatoms. The van der Waals surface area contributed by atoms with Gasteiger partial charge in [0.05, 0.1) is 21.3 Å². The quantitative estimate of drug-likeness (QED) is 0.196. The van der Waals surface area contributed by atoms with Crippen molar-refractivity contribution in [3.63, 3.8) is 0 Å². The molecule has 0 aromatic heterocycles. The molecule has 0 spiro atoms. The highest BCUT2D eigenvalue weighted by atomic mass is 16.5. The molecule has 0 fully saturated rings. The van der Waals surface area contributed by atoms with E-state index in [1.807, 2.05) is 6.07 Å². The molecular weight excluding hydrogens is 504 g/mol. The van der Waals surface area contributed by atoms with Crippen LogP contribution in [0.25, 0.3) is 0 Å². The largest absolute Gasteiger partial charge is 0.497 e. The minimum absolute atomic E-state index is 0.00502. The van der Waals surface area contributed by atoms with E-state index < -0.39 is 0 Å². The molecule has 0 saturated carbocycles. The minimum atomic E-state index is -0.146. The number of fused-ring (bicyclic) bond motifs is 1. The van der Waals surface area contributed by atoms with Crippen LogP contribution in [0.4, 0.5) is 11.4 Å². The Kier molecular flexibility index (Phi) is 9.57. The van der Waals surface area contributed by atoms with Gasteiger partial charge in [0.15, 0.2) is 0 Å². The zero-order valence-electron chi connectivity index (χ0n) is 25.6. The summed E-state index contributed by atoms with van der Waals surface area (Å²) >= 11 is 0. The number of quaternary nitrogens is 1. The first kappa shape index (κ1) is 30.0. The predicted molar refractivity (Wildman–Crippen MR) is 172 cm³/mol. The molecule has 2 N–H and O–H groups in total. The molecule has 0 unspecified atom stereocenters. The van der Waals surface area contributed by atoms with Crippen molar-refractivity contribution < 1.29 is 14.8 Å². The van der Waals surface area contributed by atoms with Gasteiger partial charge in [-0.2, -0.15) is 0 Å². The normalized spacial score (nSPS) is 15.9. The molecule has 0 saturated heterocycles. The van der Waals surface area contributed by atoms with Crippen molar-refractivity contribution in [1.82, 2.24) is 0 Å². The summed E-state index contributed by atoms with van der Waals surface area (Å²) in [6.07, 6.45) is 16.0. The Balaban J connectivity index is 1.48. The van der Waals surface area contributed by atoms with E-state index in [-0.39, 0.29) is 10.8 Å². The van der Waals surface area contributed by atoms with Gasteiger partial charge >= 0.3 is 0 Å². The molecule has 214 valence electrons. The Morgan fingerprint density at radius 3 is 2.20 bits per heavy atom. The fourth-order valence-electron chi connectivity index (χ4n) is 5.61. The lowest BCUT2D eigenvalue weighted by atomic mass is 9.80. The number of allylic oxidation sites excluding steroid dienone is 8. The van der Waals surface area contributed by atoms with Gasteiger partial charge in [-0.15, -0.1) is 0 Å². The zero-order chi connectivity index (χ0) is 29.5. The van der Waals surface area contributed by atoms with E-state index in [0.717, 1.165) is 24.5 Å². The number of hydrogen-bond acceptors (Lipinski definition) is 3. The molecule has 0 amide bonds. The van der Waals surface area contributed by atoms with E-state index in [2.05, 4.69) is 148 Å². The molecule has 3 aromatic rings. The number of methoxy groups -OCH3 is 2. The maximum absolute atomic E-state index is 5.56. The van der Waals surface area contributed by atoms with Crippen LogP contribution in [0.5, 0.6) is 11.5 Å². The van der Waals surface area contributed by atoms with Crippen LogP contribution in [0.3, 0.4) is 0 Å². The Bertz CT molecular complexity index is 1450. The topological polar surface area (TPSA) is 38.3 Å².